The number of carbonyl (C=O) groups excluding carboxylic acids is 2. The van der Waals surface area contributed by atoms with Gasteiger partial charge in [-0.25, -0.2) is 0 Å². The Morgan fingerprint density at radius 2 is 0.662 bits per heavy atom. The second-order valence-electron chi connectivity index (χ2n) is 21.7. The van der Waals surface area contributed by atoms with E-state index in [1.54, 1.807) is 6.08 Å². The highest BCUT2D eigenvalue weighted by atomic mass is 16.5. The SMILES string of the molecule is CCCCCCCCC/C=C\CCCCCCCC(=O)OCCCCCCCCCCCC/C=C\CCCCCCCCCC(=O)NC(CO)C(O)/C=C/CCCCCCCCCCCCCCCCC. The summed E-state index contributed by atoms with van der Waals surface area (Å²) >= 11 is 0. The molecule has 0 aromatic heterocycles. The van der Waals surface area contributed by atoms with Crippen molar-refractivity contribution in [2.75, 3.05) is 13.2 Å². The van der Waals surface area contributed by atoms with Gasteiger partial charge in [0.15, 0.2) is 0 Å². The molecule has 0 aliphatic carbocycles. The van der Waals surface area contributed by atoms with Gasteiger partial charge in [0.2, 0.25) is 5.91 Å². The smallest absolute Gasteiger partial charge is 0.305 e. The summed E-state index contributed by atoms with van der Waals surface area (Å²) in [4.78, 5) is 24.5. The number of aliphatic hydroxyl groups is 2. The zero-order valence-electron chi connectivity index (χ0n) is 47.7. The largest absolute Gasteiger partial charge is 0.466 e. The van der Waals surface area contributed by atoms with Crippen molar-refractivity contribution in [1.29, 1.82) is 0 Å². The molecule has 0 radical (unpaired) electrons. The van der Waals surface area contributed by atoms with E-state index in [0.717, 1.165) is 51.4 Å². The first kappa shape index (κ1) is 69.1. The van der Waals surface area contributed by atoms with Crippen molar-refractivity contribution in [3.05, 3.63) is 36.5 Å². The van der Waals surface area contributed by atoms with Crippen molar-refractivity contribution in [3.8, 4) is 0 Å². The second kappa shape index (κ2) is 60.6. The van der Waals surface area contributed by atoms with Crippen LogP contribution in [0.4, 0.5) is 0 Å². The van der Waals surface area contributed by atoms with Crippen molar-refractivity contribution in [2.45, 2.75) is 353 Å². The lowest BCUT2D eigenvalue weighted by atomic mass is 10.0. The van der Waals surface area contributed by atoms with Crippen LogP contribution in [0.25, 0.3) is 0 Å². The van der Waals surface area contributed by atoms with Crippen molar-refractivity contribution in [3.63, 3.8) is 0 Å². The Balaban J connectivity index is 3.45. The van der Waals surface area contributed by atoms with Gasteiger partial charge in [0.25, 0.3) is 0 Å². The molecular weight excluding hydrogens is 875 g/mol. The number of ether oxygens (including phenoxy) is 1. The van der Waals surface area contributed by atoms with Gasteiger partial charge in [-0.15, -0.1) is 0 Å². The van der Waals surface area contributed by atoms with Crippen LogP contribution in [-0.4, -0.2) is 47.4 Å². The van der Waals surface area contributed by atoms with Crippen LogP contribution in [0.15, 0.2) is 36.5 Å². The molecule has 0 heterocycles. The summed E-state index contributed by atoms with van der Waals surface area (Å²) in [6.07, 6.45) is 76.1. The maximum Gasteiger partial charge on any atom is 0.305 e. The molecule has 2 atom stereocenters. The van der Waals surface area contributed by atoms with E-state index in [0.29, 0.717) is 19.4 Å². The Morgan fingerprint density at radius 1 is 0.380 bits per heavy atom. The van der Waals surface area contributed by atoms with Gasteiger partial charge in [-0.2, -0.15) is 0 Å². The highest BCUT2D eigenvalue weighted by Crippen LogP contribution is 2.17. The number of amides is 1. The predicted molar refractivity (Wildman–Crippen MR) is 310 cm³/mol. The molecular formula is C65H123NO5. The van der Waals surface area contributed by atoms with Crippen molar-refractivity contribution >= 4 is 11.9 Å². The molecule has 0 fully saturated rings. The molecule has 0 aromatic rings. The van der Waals surface area contributed by atoms with Crippen LogP contribution < -0.4 is 5.32 Å². The molecule has 0 aliphatic heterocycles. The molecule has 0 aromatic carbocycles. The van der Waals surface area contributed by atoms with Crippen LogP contribution in [0.3, 0.4) is 0 Å². The van der Waals surface area contributed by atoms with Crippen molar-refractivity contribution in [1.82, 2.24) is 5.32 Å². The number of hydrogen-bond donors (Lipinski definition) is 3. The zero-order valence-corrected chi connectivity index (χ0v) is 47.7. The number of nitrogens with one attached hydrogen (secondary N) is 1. The molecule has 0 aliphatic rings. The molecule has 0 bridgehead atoms. The Labute approximate surface area is 443 Å². The van der Waals surface area contributed by atoms with Gasteiger partial charge in [-0.3, -0.25) is 9.59 Å². The molecule has 0 rings (SSSR count). The van der Waals surface area contributed by atoms with Gasteiger partial charge in [-0.05, 0) is 83.5 Å². The Hall–Kier alpha value is -1.92. The fourth-order valence-corrected chi connectivity index (χ4v) is 9.74. The van der Waals surface area contributed by atoms with E-state index in [9.17, 15) is 19.8 Å². The van der Waals surface area contributed by atoms with E-state index in [1.165, 1.54) is 263 Å². The number of allylic oxidation sites excluding steroid dienone is 5. The van der Waals surface area contributed by atoms with Crippen LogP contribution >= 0.6 is 0 Å². The molecule has 418 valence electrons. The Bertz CT molecular complexity index is 1150. The number of unbranched alkanes of at least 4 members (excludes halogenated alkanes) is 44. The molecule has 1 amide bonds. The number of rotatable bonds is 59. The third-order valence-corrected chi connectivity index (χ3v) is 14.6. The maximum absolute atomic E-state index is 12.5. The van der Waals surface area contributed by atoms with Crippen LogP contribution in [0.5, 0.6) is 0 Å². The van der Waals surface area contributed by atoms with Gasteiger partial charge in [0.1, 0.15) is 0 Å². The lowest BCUT2D eigenvalue weighted by Crippen LogP contribution is -2.45. The Kier molecular flexibility index (Phi) is 59.0. The number of aliphatic hydroxyl groups excluding tert-OH is 2. The van der Waals surface area contributed by atoms with E-state index in [2.05, 4.69) is 43.5 Å². The van der Waals surface area contributed by atoms with E-state index in [-0.39, 0.29) is 18.5 Å². The molecule has 71 heavy (non-hydrogen) atoms. The van der Waals surface area contributed by atoms with Gasteiger partial charge in [0, 0.05) is 12.8 Å². The summed E-state index contributed by atoms with van der Waals surface area (Å²) in [6, 6.07) is -0.634. The summed E-state index contributed by atoms with van der Waals surface area (Å²) in [6.45, 7) is 4.91. The van der Waals surface area contributed by atoms with E-state index < -0.39 is 12.1 Å². The summed E-state index contributed by atoms with van der Waals surface area (Å²) in [7, 11) is 0. The quantitative estimate of drug-likeness (QED) is 0.0321. The predicted octanol–water partition coefficient (Wildman–Crippen LogP) is 20.0. The molecule has 3 N–H and O–H groups in total. The molecule has 0 saturated heterocycles. The van der Waals surface area contributed by atoms with Crippen molar-refractivity contribution < 1.29 is 24.5 Å². The lowest BCUT2D eigenvalue weighted by molar-refractivity contribution is -0.143. The minimum absolute atomic E-state index is 0.000349. The number of esters is 1. The van der Waals surface area contributed by atoms with E-state index in [1.807, 2.05) is 6.08 Å². The summed E-state index contributed by atoms with van der Waals surface area (Å²) in [5.41, 5.74) is 0. The molecule has 6 heteroatoms. The minimum Gasteiger partial charge on any atom is -0.466 e. The summed E-state index contributed by atoms with van der Waals surface area (Å²) in [5, 5.41) is 23.2. The average Bonchev–Trinajstić information content (AvgIpc) is 3.37. The monoisotopic (exact) mass is 998 g/mol. The minimum atomic E-state index is -0.850. The van der Waals surface area contributed by atoms with E-state index in [4.69, 9.17) is 4.74 Å². The second-order valence-corrected chi connectivity index (χ2v) is 21.7. The van der Waals surface area contributed by atoms with Gasteiger partial charge >= 0.3 is 5.97 Å². The standard InChI is InChI=1S/C65H123NO5/c1-3-5-7-9-11-13-15-17-19-26-29-33-37-41-45-49-53-57-63(68)62(61-67)66-64(69)58-54-50-46-42-38-34-30-27-24-22-21-23-25-28-32-36-40-44-48-52-56-60-71-65(70)59-55-51-47-43-39-35-31-20-18-16-14-12-10-8-6-4-2/h20,22,24,31,53,57,62-63,67-68H,3-19,21,23,25-30,32-52,54-56,58-61H2,1-2H3,(H,66,69)/b24-22-,31-20-,57-53+. The van der Waals surface area contributed by atoms with Crippen LogP contribution in [0, 0.1) is 0 Å². The number of carbonyl (C=O) groups is 2. The lowest BCUT2D eigenvalue weighted by Gasteiger charge is -2.20. The van der Waals surface area contributed by atoms with Crippen molar-refractivity contribution in [2.24, 2.45) is 0 Å². The first-order valence-corrected chi connectivity index (χ1v) is 31.8. The first-order valence-electron chi connectivity index (χ1n) is 31.8. The summed E-state index contributed by atoms with van der Waals surface area (Å²) < 4.78 is 5.48. The third kappa shape index (κ3) is 57.2. The molecule has 6 nitrogen and oxygen atoms in total. The zero-order chi connectivity index (χ0) is 51.4. The van der Waals surface area contributed by atoms with Crippen LogP contribution in [0.2, 0.25) is 0 Å². The van der Waals surface area contributed by atoms with Gasteiger partial charge in [-0.1, -0.05) is 281 Å². The normalized spacial score (nSPS) is 12.8. The maximum atomic E-state index is 12.5. The Morgan fingerprint density at radius 3 is 1.00 bits per heavy atom. The third-order valence-electron chi connectivity index (χ3n) is 14.6. The van der Waals surface area contributed by atoms with Gasteiger partial charge in [0.05, 0.1) is 25.4 Å². The topological polar surface area (TPSA) is 95.9 Å². The highest BCUT2D eigenvalue weighted by Gasteiger charge is 2.18. The fraction of sp³-hybridized carbons (Fsp3) is 0.877. The number of hydrogen-bond acceptors (Lipinski definition) is 5. The molecule has 0 spiro atoms. The van der Waals surface area contributed by atoms with E-state index >= 15 is 0 Å². The highest BCUT2D eigenvalue weighted by molar-refractivity contribution is 5.76. The first-order chi connectivity index (χ1) is 35.0. The van der Waals surface area contributed by atoms with Gasteiger partial charge < -0.3 is 20.3 Å². The van der Waals surface area contributed by atoms with Crippen LogP contribution in [-0.2, 0) is 14.3 Å². The van der Waals surface area contributed by atoms with Crippen LogP contribution in [0.1, 0.15) is 341 Å². The summed E-state index contributed by atoms with van der Waals surface area (Å²) in [5.74, 6) is -0.0738. The molecule has 2 unspecified atom stereocenters. The molecule has 0 saturated carbocycles. The average molecular weight is 999 g/mol. The fourth-order valence-electron chi connectivity index (χ4n) is 9.74.